The van der Waals surface area contributed by atoms with Crippen molar-refractivity contribution in [3.05, 3.63) is 84.4 Å². The smallest absolute Gasteiger partial charge is 0.146 e. The van der Waals surface area contributed by atoms with Crippen molar-refractivity contribution < 1.29 is 0 Å². The first kappa shape index (κ1) is 14.3. The molecule has 0 saturated heterocycles. The molecule has 4 nitrogen and oxygen atoms in total. The summed E-state index contributed by atoms with van der Waals surface area (Å²) >= 11 is 0. The molecule has 0 spiro atoms. The van der Waals surface area contributed by atoms with Crippen molar-refractivity contribution in [3.63, 3.8) is 0 Å². The number of pyridine rings is 3. The van der Waals surface area contributed by atoms with E-state index in [0.29, 0.717) is 0 Å². The van der Waals surface area contributed by atoms with E-state index in [9.17, 15) is 0 Å². The predicted molar refractivity (Wildman–Crippen MR) is 112 cm³/mol. The molecule has 0 radical (unpaired) electrons. The molecule has 4 heteroatoms. The standard InChI is InChI=1S/C24H14N4/c1-2-4-16-14(3-1)9-15-10-19-18(11-17(15)16)20-12-25-7-5-22(20)28-23-6-8-26-13-21(23)27-24(19)28/h1-8,10-13H,9H2. The molecule has 0 bridgehead atoms. The van der Waals surface area contributed by atoms with Gasteiger partial charge in [-0.05, 0) is 58.3 Å². The maximum atomic E-state index is 4.95. The third kappa shape index (κ3) is 1.68. The van der Waals surface area contributed by atoms with Crippen LogP contribution in [0, 0.1) is 0 Å². The Morgan fingerprint density at radius 1 is 0.714 bits per heavy atom. The second-order valence-corrected chi connectivity index (χ2v) is 7.42. The molecule has 0 atom stereocenters. The normalized spacial score (nSPS) is 12.9. The van der Waals surface area contributed by atoms with Crippen LogP contribution in [0.25, 0.3) is 49.5 Å². The number of nitrogens with zero attached hydrogens (tertiary/aromatic N) is 4. The van der Waals surface area contributed by atoms with Gasteiger partial charge in [0.2, 0.25) is 0 Å². The molecule has 7 rings (SSSR count). The quantitative estimate of drug-likeness (QED) is 0.352. The van der Waals surface area contributed by atoms with E-state index in [-0.39, 0.29) is 0 Å². The molecule has 4 heterocycles. The lowest BCUT2D eigenvalue weighted by molar-refractivity contribution is 1.26. The second kappa shape index (κ2) is 4.93. The number of rotatable bonds is 0. The van der Waals surface area contributed by atoms with Crippen molar-refractivity contribution in [1.82, 2.24) is 19.4 Å². The van der Waals surface area contributed by atoms with Crippen LogP contribution in [0.2, 0.25) is 0 Å². The topological polar surface area (TPSA) is 43.1 Å². The lowest BCUT2D eigenvalue weighted by Gasteiger charge is -2.11. The van der Waals surface area contributed by atoms with Crippen LogP contribution in [0.4, 0.5) is 0 Å². The maximum absolute atomic E-state index is 4.95. The van der Waals surface area contributed by atoms with Crippen molar-refractivity contribution in [2.24, 2.45) is 0 Å². The van der Waals surface area contributed by atoms with Crippen LogP contribution in [-0.2, 0) is 6.42 Å². The Balaban J connectivity index is 1.74. The Bertz CT molecular complexity index is 1590. The van der Waals surface area contributed by atoms with E-state index >= 15 is 0 Å². The van der Waals surface area contributed by atoms with E-state index < -0.39 is 0 Å². The lowest BCUT2D eigenvalue weighted by Crippen LogP contribution is -1.93. The molecule has 0 amide bonds. The van der Waals surface area contributed by atoms with Gasteiger partial charge in [0.25, 0.3) is 0 Å². The minimum Gasteiger partial charge on any atom is -0.291 e. The van der Waals surface area contributed by atoms with Crippen LogP contribution >= 0.6 is 0 Å². The van der Waals surface area contributed by atoms with E-state index in [1.54, 1.807) is 0 Å². The van der Waals surface area contributed by atoms with Gasteiger partial charge in [-0.2, -0.15) is 0 Å². The third-order valence-corrected chi connectivity index (χ3v) is 5.96. The Morgan fingerprint density at radius 3 is 2.54 bits per heavy atom. The van der Waals surface area contributed by atoms with Crippen LogP contribution in [0.5, 0.6) is 0 Å². The number of fused-ring (bicyclic) bond motifs is 11. The Morgan fingerprint density at radius 2 is 1.57 bits per heavy atom. The predicted octanol–water partition coefficient (Wildman–Crippen LogP) is 5.16. The van der Waals surface area contributed by atoms with Crippen LogP contribution in [0.15, 0.2) is 73.3 Å². The van der Waals surface area contributed by atoms with Crippen molar-refractivity contribution in [1.29, 1.82) is 0 Å². The van der Waals surface area contributed by atoms with Gasteiger partial charge in [-0.25, -0.2) is 4.98 Å². The van der Waals surface area contributed by atoms with Gasteiger partial charge < -0.3 is 0 Å². The Kier molecular flexibility index (Phi) is 2.51. The van der Waals surface area contributed by atoms with Gasteiger partial charge >= 0.3 is 0 Å². The van der Waals surface area contributed by atoms with E-state index in [4.69, 9.17) is 4.98 Å². The fourth-order valence-electron chi connectivity index (χ4n) is 4.74. The van der Waals surface area contributed by atoms with Crippen LogP contribution in [-0.4, -0.2) is 19.4 Å². The van der Waals surface area contributed by atoms with E-state index in [1.165, 1.54) is 33.0 Å². The highest BCUT2D eigenvalue weighted by Gasteiger charge is 2.21. The summed E-state index contributed by atoms with van der Waals surface area (Å²) in [4.78, 5) is 13.6. The highest BCUT2D eigenvalue weighted by Crippen LogP contribution is 2.41. The average Bonchev–Trinajstić information content (AvgIpc) is 3.31. The fraction of sp³-hybridized carbons (Fsp3) is 0.0417. The van der Waals surface area contributed by atoms with Gasteiger partial charge in [-0.3, -0.25) is 14.4 Å². The molecule has 0 saturated carbocycles. The summed E-state index contributed by atoms with van der Waals surface area (Å²) in [7, 11) is 0. The molecule has 2 aromatic carbocycles. The molecule has 0 aliphatic heterocycles. The first-order chi connectivity index (χ1) is 13.9. The summed E-state index contributed by atoms with van der Waals surface area (Å²) in [6.07, 6.45) is 8.46. The van der Waals surface area contributed by atoms with E-state index in [2.05, 4.69) is 56.8 Å². The highest BCUT2D eigenvalue weighted by molar-refractivity contribution is 6.15. The molecule has 130 valence electrons. The maximum Gasteiger partial charge on any atom is 0.146 e. The van der Waals surface area contributed by atoms with Crippen molar-refractivity contribution >= 4 is 38.4 Å². The van der Waals surface area contributed by atoms with Crippen molar-refractivity contribution in [2.45, 2.75) is 6.42 Å². The zero-order chi connectivity index (χ0) is 18.2. The molecular formula is C24H14N4. The molecule has 1 aliphatic rings. The first-order valence-corrected chi connectivity index (χ1v) is 9.41. The van der Waals surface area contributed by atoms with Crippen molar-refractivity contribution in [2.75, 3.05) is 0 Å². The molecule has 0 unspecified atom stereocenters. The Hall–Kier alpha value is -3.79. The number of aromatic nitrogens is 4. The summed E-state index contributed by atoms with van der Waals surface area (Å²) in [5.41, 5.74) is 9.52. The molecule has 28 heavy (non-hydrogen) atoms. The van der Waals surface area contributed by atoms with Crippen LogP contribution in [0.3, 0.4) is 0 Å². The molecular weight excluding hydrogens is 344 g/mol. The van der Waals surface area contributed by atoms with Gasteiger partial charge in [0, 0.05) is 29.4 Å². The fourth-order valence-corrected chi connectivity index (χ4v) is 4.74. The van der Waals surface area contributed by atoms with Crippen LogP contribution in [0.1, 0.15) is 11.1 Å². The summed E-state index contributed by atoms with van der Waals surface area (Å²) in [5.74, 6) is 0. The van der Waals surface area contributed by atoms with Gasteiger partial charge in [0.1, 0.15) is 11.2 Å². The first-order valence-electron chi connectivity index (χ1n) is 9.41. The molecule has 0 N–H and O–H groups in total. The van der Waals surface area contributed by atoms with Crippen molar-refractivity contribution in [3.8, 4) is 11.1 Å². The largest absolute Gasteiger partial charge is 0.291 e. The number of hydrogen-bond donors (Lipinski definition) is 0. The third-order valence-electron chi connectivity index (χ3n) is 5.96. The minimum absolute atomic E-state index is 0.914. The summed E-state index contributed by atoms with van der Waals surface area (Å²) in [6.45, 7) is 0. The zero-order valence-electron chi connectivity index (χ0n) is 14.9. The second-order valence-electron chi connectivity index (χ2n) is 7.42. The molecule has 4 aromatic heterocycles. The van der Waals surface area contributed by atoms with Gasteiger partial charge in [-0.1, -0.05) is 24.3 Å². The molecule has 0 fully saturated rings. The van der Waals surface area contributed by atoms with Gasteiger partial charge in [0.15, 0.2) is 0 Å². The Labute approximate surface area is 160 Å². The monoisotopic (exact) mass is 358 g/mol. The summed E-state index contributed by atoms with van der Waals surface area (Å²) in [5, 5.41) is 3.52. The number of benzene rings is 2. The van der Waals surface area contributed by atoms with E-state index in [0.717, 1.165) is 34.0 Å². The summed E-state index contributed by atoms with van der Waals surface area (Å²) in [6, 6.07) is 17.5. The summed E-state index contributed by atoms with van der Waals surface area (Å²) < 4.78 is 2.24. The van der Waals surface area contributed by atoms with Gasteiger partial charge in [-0.15, -0.1) is 0 Å². The van der Waals surface area contributed by atoms with Crippen LogP contribution < -0.4 is 0 Å². The minimum atomic E-state index is 0.914. The molecule has 6 aromatic rings. The van der Waals surface area contributed by atoms with E-state index in [1.807, 2.05) is 30.9 Å². The number of imidazole rings is 1. The highest BCUT2D eigenvalue weighted by atomic mass is 15.0. The zero-order valence-corrected chi connectivity index (χ0v) is 14.9. The molecule has 1 aliphatic carbocycles. The average molecular weight is 358 g/mol. The van der Waals surface area contributed by atoms with Gasteiger partial charge in [0.05, 0.1) is 17.2 Å². The SMILES string of the molecule is c1ccc2c(c1)Cc1cc3c(cc1-2)c1cnccc1n1c2ccncc2nc31. The lowest BCUT2D eigenvalue weighted by atomic mass is 9.99. The number of hydrogen-bond acceptors (Lipinski definition) is 3.